The van der Waals surface area contributed by atoms with E-state index in [2.05, 4.69) is 16.7 Å². The Morgan fingerprint density at radius 2 is 1.80 bits per heavy atom. The van der Waals surface area contributed by atoms with Gasteiger partial charge >= 0.3 is 6.18 Å². The number of hydrogen-bond donors (Lipinski definition) is 2. The molecule has 248 valence electrons. The van der Waals surface area contributed by atoms with Crippen molar-refractivity contribution in [1.29, 1.82) is 0 Å². The Kier molecular flexibility index (Phi) is 8.68. The molecule has 2 bridgehead atoms. The molecule has 6 rings (SSSR count). The molecule has 3 fully saturated rings. The SMILES string of the molecule is COc1cc2c(cc1C(=O)N[C@H]1[C@@H](C(=O)Nc3ccc(F)c(C(F)(F)F)c3)[C@H]3CC[C@@H]1/C3=C\C1CC1)CN(CCS(C)(=O)=O)CC2. The van der Waals surface area contributed by atoms with Gasteiger partial charge in [0.05, 0.1) is 29.9 Å². The highest BCUT2D eigenvalue weighted by Crippen LogP contribution is 2.54. The first-order chi connectivity index (χ1) is 21.7. The Morgan fingerprint density at radius 3 is 2.48 bits per heavy atom. The van der Waals surface area contributed by atoms with Crippen molar-refractivity contribution in [3.63, 3.8) is 0 Å². The van der Waals surface area contributed by atoms with Crippen molar-refractivity contribution in [3.05, 3.63) is 70.1 Å². The Balaban J connectivity index is 1.26. The minimum atomic E-state index is -4.92. The van der Waals surface area contributed by atoms with E-state index in [1.165, 1.54) is 13.4 Å². The second-order valence-corrected chi connectivity index (χ2v) is 15.2. The fourth-order valence-corrected chi connectivity index (χ4v) is 7.90. The van der Waals surface area contributed by atoms with Crippen LogP contribution in [0.1, 0.15) is 52.7 Å². The van der Waals surface area contributed by atoms with Gasteiger partial charge in [-0.05, 0) is 85.4 Å². The van der Waals surface area contributed by atoms with Crippen molar-refractivity contribution < 1.29 is 40.3 Å². The number of allylic oxidation sites excluding steroid dienone is 1. The molecule has 2 aromatic carbocycles. The summed E-state index contributed by atoms with van der Waals surface area (Å²) in [4.78, 5) is 29.7. The molecule has 0 radical (unpaired) electrons. The summed E-state index contributed by atoms with van der Waals surface area (Å²) in [6, 6.07) is 5.35. The molecule has 13 heteroatoms. The van der Waals surface area contributed by atoms with Crippen molar-refractivity contribution in [1.82, 2.24) is 10.2 Å². The van der Waals surface area contributed by atoms with Gasteiger partial charge in [0, 0.05) is 43.5 Å². The highest BCUT2D eigenvalue weighted by Gasteiger charge is 2.55. The van der Waals surface area contributed by atoms with Gasteiger partial charge in [-0.2, -0.15) is 13.2 Å². The molecule has 4 aliphatic rings. The number of alkyl halides is 3. The lowest BCUT2D eigenvalue weighted by molar-refractivity contribution is -0.140. The molecular weight excluding hydrogens is 626 g/mol. The van der Waals surface area contributed by atoms with E-state index in [1.54, 1.807) is 6.07 Å². The third-order valence-corrected chi connectivity index (χ3v) is 10.6. The summed E-state index contributed by atoms with van der Waals surface area (Å²) in [5, 5.41) is 5.67. The Bertz CT molecular complexity index is 1690. The van der Waals surface area contributed by atoms with Gasteiger partial charge in [-0.3, -0.25) is 14.5 Å². The molecule has 4 atom stereocenters. The number of sulfone groups is 1. The predicted molar refractivity (Wildman–Crippen MR) is 163 cm³/mol. The van der Waals surface area contributed by atoms with E-state index in [1.807, 2.05) is 11.0 Å². The molecule has 8 nitrogen and oxygen atoms in total. The zero-order chi connectivity index (χ0) is 33.0. The fraction of sp³-hybridized carbons (Fsp3) is 0.515. The molecule has 1 heterocycles. The first-order valence-corrected chi connectivity index (χ1v) is 17.6. The number of halogens is 4. The molecule has 0 aromatic heterocycles. The first-order valence-electron chi connectivity index (χ1n) is 15.5. The summed E-state index contributed by atoms with van der Waals surface area (Å²) in [7, 11) is -1.66. The highest BCUT2D eigenvalue weighted by molar-refractivity contribution is 7.90. The van der Waals surface area contributed by atoms with Gasteiger partial charge in [-0.25, -0.2) is 12.8 Å². The van der Waals surface area contributed by atoms with Gasteiger partial charge in [0.25, 0.3) is 5.91 Å². The maximum atomic E-state index is 13.9. The summed E-state index contributed by atoms with van der Waals surface area (Å²) in [5.74, 6) is -2.56. The van der Waals surface area contributed by atoms with E-state index in [0.29, 0.717) is 49.9 Å². The molecule has 46 heavy (non-hydrogen) atoms. The number of carbonyl (C=O) groups excluding carboxylic acids is 2. The van der Waals surface area contributed by atoms with Crippen LogP contribution < -0.4 is 15.4 Å². The second-order valence-electron chi connectivity index (χ2n) is 13.0. The minimum absolute atomic E-state index is 0.0334. The molecule has 3 aliphatic carbocycles. The van der Waals surface area contributed by atoms with Gasteiger partial charge < -0.3 is 15.4 Å². The smallest absolute Gasteiger partial charge is 0.419 e. The van der Waals surface area contributed by atoms with Crippen LogP contribution in [-0.2, 0) is 33.8 Å². The lowest BCUT2D eigenvalue weighted by Gasteiger charge is -2.31. The number of nitrogens with zero attached hydrogens (tertiary/aromatic N) is 1. The van der Waals surface area contributed by atoms with Crippen molar-refractivity contribution in [2.24, 2.45) is 23.7 Å². The normalized spacial score (nSPS) is 25.4. The molecule has 2 aromatic rings. The standard InChI is InChI=1S/C33H37F4N3O5S/c1-45-28-15-19-9-10-40(11-12-46(2,43)44)17-20(19)14-25(28)31(41)39-30-23-7-6-22(24(23)13-18-3-4-18)29(30)32(42)38-21-5-8-27(34)26(16-21)33(35,36)37/h5,8,13-16,18,22-23,29-30H,3-4,6-7,9-12,17H2,1-2H3,(H,38,42)(H,39,41)/b24-13-/t22-,23+,29-,30+/m0/s1. The largest absolute Gasteiger partial charge is 0.496 e. The van der Waals surface area contributed by atoms with Gasteiger partial charge in [0.2, 0.25) is 5.91 Å². The molecule has 1 aliphatic heterocycles. The molecule has 3 saturated carbocycles. The van der Waals surface area contributed by atoms with Gasteiger partial charge in [-0.15, -0.1) is 0 Å². The Hall–Kier alpha value is -3.45. The summed E-state index contributed by atoms with van der Waals surface area (Å²) in [5.41, 5.74) is 1.66. The number of amides is 2. The van der Waals surface area contributed by atoms with E-state index in [4.69, 9.17) is 4.74 Å². The van der Waals surface area contributed by atoms with Crippen LogP contribution in [0.15, 0.2) is 42.0 Å². The van der Waals surface area contributed by atoms with Crippen molar-refractivity contribution in [2.75, 3.05) is 37.5 Å². The minimum Gasteiger partial charge on any atom is -0.496 e. The zero-order valence-electron chi connectivity index (χ0n) is 25.6. The Labute approximate surface area is 265 Å². The van der Waals surface area contributed by atoms with E-state index in [-0.39, 0.29) is 28.8 Å². The number of methoxy groups -OCH3 is 1. The number of hydrogen-bond acceptors (Lipinski definition) is 6. The number of carbonyl (C=O) groups is 2. The molecule has 0 saturated heterocycles. The Morgan fingerprint density at radius 1 is 1.07 bits per heavy atom. The van der Waals surface area contributed by atoms with E-state index < -0.39 is 51.2 Å². The van der Waals surface area contributed by atoms with Crippen LogP contribution in [0.4, 0.5) is 23.2 Å². The van der Waals surface area contributed by atoms with Crippen LogP contribution in [0.25, 0.3) is 0 Å². The topological polar surface area (TPSA) is 105 Å². The number of nitrogens with one attached hydrogen (secondary N) is 2. The number of anilines is 1. The van der Waals surface area contributed by atoms with E-state index in [0.717, 1.165) is 48.4 Å². The summed E-state index contributed by atoms with van der Waals surface area (Å²) in [6.07, 6.45) is 2.75. The number of fused-ring (bicyclic) bond motifs is 3. The zero-order valence-corrected chi connectivity index (χ0v) is 26.4. The summed E-state index contributed by atoms with van der Waals surface area (Å²) >= 11 is 0. The van der Waals surface area contributed by atoms with Crippen LogP contribution in [0.5, 0.6) is 5.75 Å². The fourth-order valence-electron chi connectivity index (χ4n) is 7.31. The number of ether oxygens (including phenoxy) is 1. The molecule has 2 N–H and O–H groups in total. The van der Waals surface area contributed by atoms with Crippen molar-refractivity contribution >= 4 is 27.3 Å². The summed E-state index contributed by atoms with van der Waals surface area (Å²) < 4.78 is 83.0. The number of rotatable bonds is 9. The van der Waals surface area contributed by atoms with Crippen LogP contribution in [0.2, 0.25) is 0 Å². The van der Waals surface area contributed by atoms with Gasteiger partial charge in [0.1, 0.15) is 21.4 Å². The third kappa shape index (κ3) is 6.80. The van der Waals surface area contributed by atoms with Crippen molar-refractivity contribution in [2.45, 2.75) is 50.9 Å². The van der Waals surface area contributed by atoms with Crippen LogP contribution in [-0.4, -0.2) is 63.4 Å². The quantitative estimate of drug-likeness (QED) is 0.290. The monoisotopic (exact) mass is 663 g/mol. The maximum Gasteiger partial charge on any atom is 0.419 e. The summed E-state index contributed by atoms with van der Waals surface area (Å²) in [6.45, 7) is 1.52. The molecular formula is C33H37F4N3O5S. The van der Waals surface area contributed by atoms with E-state index in [9.17, 15) is 35.6 Å². The molecule has 2 amide bonds. The van der Waals surface area contributed by atoms with Crippen LogP contribution in [0, 0.1) is 29.5 Å². The lowest BCUT2D eigenvalue weighted by atomic mass is 9.83. The lowest BCUT2D eigenvalue weighted by Crippen LogP contribution is -2.48. The van der Waals surface area contributed by atoms with Crippen LogP contribution in [0.3, 0.4) is 0 Å². The third-order valence-electron chi connectivity index (χ3n) is 9.72. The van der Waals surface area contributed by atoms with Gasteiger partial charge in [0.15, 0.2) is 0 Å². The van der Waals surface area contributed by atoms with Gasteiger partial charge in [-0.1, -0.05) is 11.6 Å². The maximum absolute atomic E-state index is 13.9. The number of benzene rings is 2. The molecule has 0 unspecified atom stereocenters. The highest BCUT2D eigenvalue weighted by atomic mass is 32.2. The molecule has 0 spiro atoms. The first kappa shape index (κ1) is 32.5. The average molecular weight is 664 g/mol. The van der Waals surface area contributed by atoms with Crippen molar-refractivity contribution in [3.8, 4) is 5.75 Å². The second kappa shape index (κ2) is 12.3. The average Bonchev–Trinajstić information content (AvgIpc) is 3.67. The van der Waals surface area contributed by atoms with Crippen LogP contribution >= 0.6 is 0 Å². The van der Waals surface area contributed by atoms with E-state index >= 15 is 0 Å². The predicted octanol–water partition coefficient (Wildman–Crippen LogP) is 4.99.